The minimum Gasteiger partial charge on any atom is -0.483 e. The van der Waals surface area contributed by atoms with E-state index in [1.807, 2.05) is 0 Å². The van der Waals surface area contributed by atoms with Crippen LogP contribution < -0.4 is 11.3 Å². The molecule has 6 nitrogen and oxygen atoms in total. The highest BCUT2D eigenvalue weighted by atomic mass is 16.3. The average Bonchev–Trinajstić information content (AvgIpc) is 2.06. The predicted molar refractivity (Wildman–Crippen MR) is 44.3 cm³/mol. The van der Waals surface area contributed by atoms with E-state index < -0.39 is 11.5 Å². The van der Waals surface area contributed by atoms with Crippen molar-refractivity contribution in [3.05, 3.63) is 34.2 Å². The summed E-state index contributed by atoms with van der Waals surface area (Å²) in [7, 11) is 0. The molecule has 0 aliphatic heterocycles. The van der Waals surface area contributed by atoms with Crippen molar-refractivity contribution in [2.45, 2.75) is 0 Å². The monoisotopic (exact) mass is 184 g/mol. The number of amides is 1. The van der Waals surface area contributed by atoms with Crippen molar-refractivity contribution in [1.82, 2.24) is 4.98 Å². The summed E-state index contributed by atoms with van der Waals surface area (Å²) in [6.07, 6.45) is 1.44. The summed E-state index contributed by atoms with van der Waals surface area (Å²) in [5, 5.41) is 6.89. The van der Waals surface area contributed by atoms with Gasteiger partial charge < -0.3 is 15.8 Å². The van der Waals surface area contributed by atoms with Crippen LogP contribution in [0.15, 0.2) is 23.1 Å². The van der Waals surface area contributed by atoms with Crippen LogP contribution >= 0.6 is 0 Å². The predicted octanol–water partition coefficient (Wildman–Crippen LogP) is -0.825. The van der Waals surface area contributed by atoms with Crippen molar-refractivity contribution in [2.24, 2.45) is 5.73 Å². The Morgan fingerprint density at radius 1 is 1.62 bits per heavy atom. The van der Waals surface area contributed by atoms with Crippen molar-refractivity contribution in [3.8, 4) is 0 Å². The van der Waals surface area contributed by atoms with E-state index in [1.54, 1.807) is 6.07 Å². The minimum absolute atomic E-state index is 0.0116. The van der Waals surface area contributed by atoms with Gasteiger partial charge in [-0.2, -0.15) is 0 Å². The first kappa shape index (κ1) is 10.9. The van der Waals surface area contributed by atoms with Gasteiger partial charge in [0.25, 0.3) is 17.9 Å². The molecule has 0 bridgehead atoms. The molecule has 70 valence electrons. The van der Waals surface area contributed by atoms with Gasteiger partial charge in [0.1, 0.15) is 5.56 Å². The van der Waals surface area contributed by atoms with Crippen LogP contribution in [0.5, 0.6) is 0 Å². The molecule has 6 heteroatoms. The molecule has 1 amide bonds. The highest BCUT2D eigenvalue weighted by Gasteiger charge is 2.02. The van der Waals surface area contributed by atoms with Gasteiger partial charge in [0, 0.05) is 6.20 Å². The summed E-state index contributed by atoms with van der Waals surface area (Å²) in [6, 6.07) is 2.92. The lowest BCUT2D eigenvalue weighted by atomic mass is 10.3. The fraction of sp³-hybridized carbons (Fsp3) is 0. The van der Waals surface area contributed by atoms with Crippen LogP contribution in [0.4, 0.5) is 0 Å². The van der Waals surface area contributed by atoms with Crippen LogP contribution in [-0.2, 0) is 4.79 Å². The van der Waals surface area contributed by atoms with Gasteiger partial charge >= 0.3 is 0 Å². The van der Waals surface area contributed by atoms with Crippen LogP contribution in [0, 0.1) is 0 Å². The lowest BCUT2D eigenvalue weighted by Crippen LogP contribution is -2.22. The molecular weight excluding hydrogens is 176 g/mol. The number of rotatable bonds is 1. The second-order valence-electron chi connectivity index (χ2n) is 1.88. The molecule has 1 aromatic heterocycles. The van der Waals surface area contributed by atoms with Gasteiger partial charge in [-0.15, -0.1) is 0 Å². The van der Waals surface area contributed by atoms with Crippen LogP contribution in [0.1, 0.15) is 10.4 Å². The van der Waals surface area contributed by atoms with Crippen molar-refractivity contribution >= 4 is 12.4 Å². The number of hydrogen-bond donors (Lipinski definition) is 3. The van der Waals surface area contributed by atoms with Crippen molar-refractivity contribution < 1.29 is 14.7 Å². The van der Waals surface area contributed by atoms with Crippen LogP contribution in [-0.4, -0.2) is 22.5 Å². The SMILES string of the molecule is NC(=O)c1ccc[nH]c1=O.O=CO. The summed E-state index contributed by atoms with van der Waals surface area (Å²) in [4.78, 5) is 31.8. The highest BCUT2D eigenvalue weighted by Crippen LogP contribution is 1.84. The summed E-state index contributed by atoms with van der Waals surface area (Å²) in [5.41, 5.74) is 4.40. The maximum atomic E-state index is 10.7. The maximum absolute atomic E-state index is 10.7. The fourth-order valence-corrected chi connectivity index (χ4v) is 0.616. The number of primary amides is 1. The first-order chi connectivity index (χ1) is 6.13. The summed E-state index contributed by atoms with van der Waals surface area (Å²) < 4.78 is 0. The Labute approximate surface area is 73.0 Å². The number of H-pyrrole nitrogens is 1. The molecule has 13 heavy (non-hydrogen) atoms. The van der Waals surface area contributed by atoms with Gasteiger partial charge in [-0.05, 0) is 12.1 Å². The van der Waals surface area contributed by atoms with Crippen molar-refractivity contribution in [3.63, 3.8) is 0 Å². The smallest absolute Gasteiger partial charge is 0.290 e. The Kier molecular flexibility index (Phi) is 4.63. The first-order valence-electron chi connectivity index (χ1n) is 3.18. The Balaban J connectivity index is 0.000000424. The molecule has 0 aliphatic carbocycles. The summed E-state index contributed by atoms with van der Waals surface area (Å²) in [5.74, 6) is -0.707. The third kappa shape index (κ3) is 3.71. The van der Waals surface area contributed by atoms with E-state index in [0.717, 1.165) is 0 Å². The molecule has 1 heterocycles. The number of carboxylic acid groups (broad SMARTS) is 1. The minimum atomic E-state index is -0.707. The summed E-state index contributed by atoms with van der Waals surface area (Å²) in [6.45, 7) is -0.250. The molecule has 0 radical (unpaired) electrons. The Hall–Kier alpha value is -2.11. The van der Waals surface area contributed by atoms with Crippen LogP contribution in [0.3, 0.4) is 0 Å². The molecule has 0 atom stereocenters. The standard InChI is InChI=1S/C6H6N2O2.CH2O2/c7-5(9)4-2-1-3-8-6(4)10;2-1-3/h1-3H,(H2,7,9)(H,8,10);1H,(H,2,3). The number of aromatic nitrogens is 1. The first-order valence-corrected chi connectivity index (χ1v) is 3.18. The van der Waals surface area contributed by atoms with Crippen LogP contribution in [0.25, 0.3) is 0 Å². The number of aromatic amines is 1. The van der Waals surface area contributed by atoms with E-state index in [0.29, 0.717) is 0 Å². The van der Waals surface area contributed by atoms with E-state index in [9.17, 15) is 9.59 Å². The second-order valence-corrected chi connectivity index (χ2v) is 1.88. The number of carbonyl (C=O) groups excluding carboxylic acids is 1. The third-order valence-electron chi connectivity index (χ3n) is 1.08. The second kappa shape index (κ2) is 5.53. The zero-order chi connectivity index (χ0) is 10.3. The van der Waals surface area contributed by atoms with Gasteiger partial charge in [-0.3, -0.25) is 14.4 Å². The van der Waals surface area contributed by atoms with Gasteiger partial charge in [0.2, 0.25) is 0 Å². The molecule has 0 saturated carbocycles. The largest absolute Gasteiger partial charge is 0.483 e. The van der Waals surface area contributed by atoms with Crippen LogP contribution in [0.2, 0.25) is 0 Å². The molecule has 4 N–H and O–H groups in total. The van der Waals surface area contributed by atoms with Crippen molar-refractivity contribution in [2.75, 3.05) is 0 Å². The average molecular weight is 184 g/mol. The number of nitrogens with one attached hydrogen (secondary N) is 1. The normalized spacial score (nSPS) is 8.00. The molecule has 0 aliphatic rings. The van der Waals surface area contributed by atoms with E-state index in [4.69, 9.17) is 15.6 Å². The lowest BCUT2D eigenvalue weighted by molar-refractivity contribution is -0.122. The number of pyridine rings is 1. The van der Waals surface area contributed by atoms with E-state index in [2.05, 4.69) is 4.98 Å². The Bertz CT molecular complexity index is 344. The summed E-state index contributed by atoms with van der Waals surface area (Å²) >= 11 is 0. The molecule has 0 aromatic carbocycles. The number of nitrogens with two attached hydrogens (primary N) is 1. The molecule has 1 aromatic rings. The quantitative estimate of drug-likeness (QED) is 0.494. The topological polar surface area (TPSA) is 113 Å². The molecule has 0 fully saturated rings. The van der Waals surface area contributed by atoms with Gasteiger partial charge in [0.05, 0.1) is 0 Å². The number of hydrogen-bond acceptors (Lipinski definition) is 3. The Morgan fingerprint density at radius 2 is 2.15 bits per heavy atom. The molecule has 0 saturated heterocycles. The van der Waals surface area contributed by atoms with E-state index >= 15 is 0 Å². The number of carbonyl (C=O) groups is 2. The molecule has 0 spiro atoms. The van der Waals surface area contributed by atoms with E-state index in [-0.39, 0.29) is 12.0 Å². The molecule has 1 rings (SSSR count). The van der Waals surface area contributed by atoms with Gasteiger partial charge in [-0.25, -0.2) is 0 Å². The molecule has 0 unspecified atom stereocenters. The zero-order valence-corrected chi connectivity index (χ0v) is 6.56. The third-order valence-corrected chi connectivity index (χ3v) is 1.08. The highest BCUT2D eigenvalue weighted by molar-refractivity contribution is 5.92. The Morgan fingerprint density at radius 3 is 2.46 bits per heavy atom. The van der Waals surface area contributed by atoms with Gasteiger partial charge in [0.15, 0.2) is 0 Å². The van der Waals surface area contributed by atoms with E-state index in [1.165, 1.54) is 12.3 Å². The van der Waals surface area contributed by atoms with Gasteiger partial charge in [-0.1, -0.05) is 0 Å². The maximum Gasteiger partial charge on any atom is 0.290 e. The van der Waals surface area contributed by atoms with Crippen molar-refractivity contribution in [1.29, 1.82) is 0 Å². The zero-order valence-electron chi connectivity index (χ0n) is 6.56. The molecular formula is C7H8N2O4. The fourth-order valence-electron chi connectivity index (χ4n) is 0.616. The lowest BCUT2D eigenvalue weighted by Gasteiger charge is -1.89.